The first-order chi connectivity index (χ1) is 12.1. The minimum absolute atomic E-state index is 0.0232. The Labute approximate surface area is 148 Å². The van der Waals surface area contributed by atoms with E-state index in [-0.39, 0.29) is 41.2 Å². The van der Waals surface area contributed by atoms with E-state index in [9.17, 15) is 14.3 Å². The molecular weight excluding hydrogens is 321 g/mol. The topological polar surface area (TPSA) is 49.8 Å². The summed E-state index contributed by atoms with van der Waals surface area (Å²) < 4.78 is 19.7. The molecule has 1 saturated heterocycles. The fraction of sp³-hybridized carbons (Fsp3) is 0.650. The number of piperidine rings is 1. The molecule has 1 aliphatic heterocycles. The Hall–Kier alpha value is -1.46. The molecule has 1 amide bonds. The van der Waals surface area contributed by atoms with Gasteiger partial charge >= 0.3 is 0 Å². The number of aliphatic hydroxyl groups is 1. The lowest BCUT2D eigenvalue weighted by atomic mass is 9.58. The summed E-state index contributed by atoms with van der Waals surface area (Å²) in [7, 11) is 0. The average Bonchev–Trinajstić information content (AvgIpc) is 3.42. The van der Waals surface area contributed by atoms with Crippen molar-refractivity contribution in [1.82, 2.24) is 4.90 Å². The van der Waals surface area contributed by atoms with Gasteiger partial charge in [0.15, 0.2) is 0 Å². The fourth-order valence-corrected chi connectivity index (χ4v) is 4.78. The average molecular weight is 347 g/mol. The number of likely N-dealkylation sites (tertiary alicyclic amines) is 1. The van der Waals surface area contributed by atoms with Crippen molar-refractivity contribution in [2.45, 2.75) is 50.7 Å². The van der Waals surface area contributed by atoms with E-state index < -0.39 is 0 Å². The maximum Gasteiger partial charge on any atom is 0.226 e. The molecule has 4 rings (SSSR count). The Bertz CT molecular complexity index is 654. The van der Waals surface area contributed by atoms with Crippen LogP contribution in [0.2, 0.25) is 0 Å². The van der Waals surface area contributed by atoms with Gasteiger partial charge in [0.1, 0.15) is 5.82 Å². The number of hydrogen-bond acceptors (Lipinski definition) is 3. The third-order valence-electron chi connectivity index (χ3n) is 6.53. The number of carbonyl (C=O) groups excluding carboxylic acids is 1. The number of hydrogen-bond donors (Lipinski definition) is 1. The van der Waals surface area contributed by atoms with Crippen molar-refractivity contribution in [1.29, 1.82) is 0 Å². The van der Waals surface area contributed by atoms with Gasteiger partial charge in [0.2, 0.25) is 5.91 Å². The molecule has 2 saturated carbocycles. The highest BCUT2D eigenvalue weighted by atomic mass is 19.1. The largest absolute Gasteiger partial charge is 0.392 e. The zero-order chi connectivity index (χ0) is 17.6. The van der Waals surface area contributed by atoms with Crippen molar-refractivity contribution in [2.75, 3.05) is 19.7 Å². The zero-order valence-electron chi connectivity index (χ0n) is 14.7. The summed E-state index contributed by atoms with van der Waals surface area (Å²) in [5, 5.41) is 10.3. The number of nitrogens with zero attached hydrogens (tertiary/aromatic N) is 1. The Balaban J connectivity index is 1.36. The summed E-state index contributed by atoms with van der Waals surface area (Å²) in [5.41, 5.74) is 0.501. The molecule has 1 N–H and O–H groups in total. The van der Waals surface area contributed by atoms with Gasteiger partial charge in [-0.15, -0.1) is 0 Å². The second-order valence-corrected chi connectivity index (χ2v) is 7.72. The van der Waals surface area contributed by atoms with Gasteiger partial charge in [-0.1, -0.05) is 18.2 Å². The van der Waals surface area contributed by atoms with E-state index in [0.717, 1.165) is 19.3 Å². The number of aliphatic hydroxyl groups excluding tert-OH is 1. The van der Waals surface area contributed by atoms with Crippen molar-refractivity contribution in [3.8, 4) is 0 Å². The van der Waals surface area contributed by atoms with Gasteiger partial charge in [-0.25, -0.2) is 4.39 Å². The van der Waals surface area contributed by atoms with Crippen LogP contribution in [0.3, 0.4) is 0 Å². The number of carbonyl (C=O) groups is 1. The highest BCUT2D eigenvalue weighted by Crippen LogP contribution is 2.53. The fourth-order valence-electron chi connectivity index (χ4n) is 4.78. The van der Waals surface area contributed by atoms with Crippen molar-refractivity contribution >= 4 is 5.91 Å². The number of amides is 1. The summed E-state index contributed by atoms with van der Waals surface area (Å²) in [6.07, 6.45) is 2.85. The lowest BCUT2D eigenvalue weighted by Crippen LogP contribution is -2.62. The van der Waals surface area contributed by atoms with Gasteiger partial charge in [-0.05, 0) is 43.7 Å². The van der Waals surface area contributed by atoms with Gasteiger partial charge in [-0.3, -0.25) is 4.79 Å². The lowest BCUT2D eigenvalue weighted by Gasteiger charge is -2.56. The molecule has 25 heavy (non-hydrogen) atoms. The van der Waals surface area contributed by atoms with Gasteiger partial charge in [0, 0.05) is 37.5 Å². The molecule has 4 nitrogen and oxygen atoms in total. The maximum atomic E-state index is 13.9. The second kappa shape index (κ2) is 6.36. The first-order valence-electron chi connectivity index (χ1n) is 9.39. The number of halogens is 1. The predicted molar refractivity (Wildman–Crippen MR) is 91.5 cm³/mol. The first-order valence-corrected chi connectivity index (χ1v) is 9.39. The molecule has 1 spiro atoms. The molecule has 1 aromatic rings. The molecule has 4 atom stereocenters. The summed E-state index contributed by atoms with van der Waals surface area (Å²) in [6, 6.07) is 6.76. The summed E-state index contributed by atoms with van der Waals surface area (Å²) in [5.74, 6) is -0.127. The molecule has 136 valence electrons. The number of benzene rings is 1. The molecular formula is C20H26FNO3. The summed E-state index contributed by atoms with van der Waals surface area (Å²) in [6.45, 7) is 3.97. The van der Waals surface area contributed by atoms with E-state index in [1.54, 1.807) is 12.1 Å². The monoisotopic (exact) mass is 347 g/mol. The lowest BCUT2D eigenvalue weighted by molar-refractivity contribution is -0.210. The second-order valence-electron chi connectivity index (χ2n) is 7.72. The third kappa shape index (κ3) is 2.77. The van der Waals surface area contributed by atoms with Gasteiger partial charge < -0.3 is 14.7 Å². The molecule has 1 aromatic carbocycles. The van der Waals surface area contributed by atoms with Crippen LogP contribution in [-0.4, -0.2) is 47.8 Å². The Morgan fingerprint density at radius 3 is 2.68 bits per heavy atom. The van der Waals surface area contributed by atoms with E-state index in [1.165, 1.54) is 6.07 Å². The highest BCUT2D eigenvalue weighted by molar-refractivity contribution is 5.83. The van der Waals surface area contributed by atoms with E-state index in [1.807, 2.05) is 17.9 Å². The van der Waals surface area contributed by atoms with E-state index >= 15 is 0 Å². The molecule has 0 aromatic heterocycles. The van der Waals surface area contributed by atoms with Crippen LogP contribution in [0.15, 0.2) is 24.3 Å². The Morgan fingerprint density at radius 2 is 2.04 bits per heavy atom. The molecule has 2 aliphatic carbocycles. The quantitative estimate of drug-likeness (QED) is 0.911. The van der Waals surface area contributed by atoms with E-state index in [2.05, 4.69) is 0 Å². The van der Waals surface area contributed by atoms with Gasteiger partial charge in [0.25, 0.3) is 0 Å². The van der Waals surface area contributed by atoms with Crippen LogP contribution in [-0.2, 0) is 9.53 Å². The van der Waals surface area contributed by atoms with Crippen LogP contribution in [0, 0.1) is 17.2 Å². The van der Waals surface area contributed by atoms with E-state index in [4.69, 9.17) is 4.74 Å². The predicted octanol–water partition coefficient (Wildman–Crippen LogP) is 2.71. The Kier molecular flexibility index (Phi) is 4.32. The molecule has 3 aliphatic rings. The van der Waals surface area contributed by atoms with Crippen LogP contribution in [0.1, 0.15) is 44.1 Å². The smallest absolute Gasteiger partial charge is 0.226 e. The number of rotatable bonds is 4. The van der Waals surface area contributed by atoms with Gasteiger partial charge in [0.05, 0.1) is 12.2 Å². The van der Waals surface area contributed by atoms with Crippen molar-refractivity contribution in [3.05, 3.63) is 35.6 Å². The van der Waals surface area contributed by atoms with Crippen molar-refractivity contribution in [2.24, 2.45) is 11.3 Å². The van der Waals surface area contributed by atoms with E-state index in [0.29, 0.717) is 31.7 Å². The SMILES string of the molecule is CCOC1CC(O)C12CCN(C(=O)C1CC1c1ccccc1F)CC2. The maximum absolute atomic E-state index is 13.9. The Morgan fingerprint density at radius 1 is 1.32 bits per heavy atom. The molecule has 0 radical (unpaired) electrons. The van der Waals surface area contributed by atoms with Crippen molar-refractivity contribution in [3.63, 3.8) is 0 Å². The third-order valence-corrected chi connectivity index (χ3v) is 6.53. The molecule has 3 fully saturated rings. The molecule has 0 bridgehead atoms. The van der Waals surface area contributed by atoms with Gasteiger partial charge in [-0.2, -0.15) is 0 Å². The number of ether oxygens (including phenoxy) is 1. The normalized spacial score (nSPS) is 33.2. The highest BCUT2D eigenvalue weighted by Gasteiger charge is 2.57. The minimum Gasteiger partial charge on any atom is -0.392 e. The van der Waals surface area contributed by atoms with Crippen LogP contribution in [0.4, 0.5) is 4.39 Å². The van der Waals surface area contributed by atoms with Crippen molar-refractivity contribution < 1.29 is 19.0 Å². The molecule has 4 unspecified atom stereocenters. The molecule has 1 heterocycles. The minimum atomic E-state index is -0.312. The van der Waals surface area contributed by atoms with Crippen LogP contribution in [0.25, 0.3) is 0 Å². The first kappa shape index (κ1) is 17.0. The van der Waals surface area contributed by atoms with Crippen LogP contribution in [0.5, 0.6) is 0 Å². The standard InChI is InChI=1S/C20H26FNO3/c1-2-25-18-12-17(23)20(18)7-9-22(10-8-20)19(24)15-11-14(15)13-5-3-4-6-16(13)21/h3-6,14-15,17-18,23H,2,7-12H2,1H3. The zero-order valence-corrected chi connectivity index (χ0v) is 14.7. The van der Waals surface area contributed by atoms with Crippen LogP contribution >= 0.6 is 0 Å². The summed E-state index contributed by atoms with van der Waals surface area (Å²) in [4.78, 5) is 14.7. The molecule has 5 heteroatoms. The summed E-state index contributed by atoms with van der Waals surface area (Å²) >= 11 is 0. The van der Waals surface area contributed by atoms with Crippen LogP contribution < -0.4 is 0 Å².